The number of benzene rings is 1. The molecule has 0 spiro atoms. The van der Waals surface area contributed by atoms with Crippen molar-refractivity contribution in [3.63, 3.8) is 0 Å². The summed E-state index contributed by atoms with van der Waals surface area (Å²) in [5.74, 6) is -0.558. The molecular weight excluding hydrogens is 320 g/mol. The highest BCUT2D eigenvalue weighted by molar-refractivity contribution is 7.89. The van der Waals surface area contributed by atoms with Gasteiger partial charge in [-0.3, -0.25) is 4.79 Å². The molecule has 0 atom stereocenters. The van der Waals surface area contributed by atoms with Gasteiger partial charge in [0.05, 0.1) is 6.61 Å². The van der Waals surface area contributed by atoms with Gasteiger partial charge in [-0.25, -0.2) is 13.1 Å². The summed E-state index contributed by atoms with van der Waals surface area (Å²) in [4.78, 5) is 12.1. The number of nitrogens with one attached hydrogen (secondary N) is 2. The summed E-state index contributed by atoms with van der Waals surface area (Å²) in [7, 11) is -0.838. The molecule has 0 aliphatic heterocycles. The van der Waals surface area contributed by atoms with Gasteiger partial charge < -0.3 is 14.5 Å². The molecule has 0 radical (unpaired) electrons. The lowest BCUT2D eigenvalue weighted by Crippen LogP contribution is -2.23. The van der Waals surface area contributed by atoms with Crippen molar-refractivity contribution in [3.05, 3.63) is 53.3 Å². The van der Waals surface area contributed by atoms with E-state index in [1.807, 2.05) is 24.3 Å². The van der Waals surface area contributed by atoms with Crippen LogP contribution in [-0.2, 0) is 27.9 Å². The number of amides is 1. The number of hydrogen-bond acceptors (Lipinski definition) is 5. The van der Waals surface area contributed by atoms with Crippen LogP contribution in [0.25, 0.3) is 0 Å². The fourth-order valence-corrected chi connectivity index (χ4v) is 2.62. The number of hydrogen-bond donors (Lipinski definition) is 2. The normalized spacial score (nSPS) is 11.4. The third kappa shape index (κ3) is 4.19. The van der Waals surface area contributed by atoms with Crippen LogP contribution in [0.5, 0.6) is 0 Å². The van der Waals surface area contributed by atoms with E-state index in [1.54, 1.807) is 7.11 Å². The lowest BCUT2D eigenvalue weighted by atomic mass is 10.1. The van der Waals surface area contributed by atoms with Crippen LogP contribution >= 0.6 is 0 Å². The molecule has 1 aromatic carbocycles. The highest BCUT2D eigenvalue weighted by atomic mass is 32.2. The molecule has 8 heteroatoms. The topological polar surface area (TPSA) is 97.6 Å². The van der Waals surface area contributed by atoms with Gasteiger partial charge in [-0.2, -0.15) is 0 Å². The third-order valence-electron chi connectivity index (χ3n) is 3.20. The number of carbonyl (C=O) groups excluding carboxylic acids is 1. The van der Waals surface area contributed by atoms with Crippen LogP contribution in [0.4, 0.5) is 0 Å². The Morgan fingerprint density at radius 2 is 1.87 bits per heavy atom. The number of furan rings is 1. The summed E-state index contributed by atoms with van der Waals surface area (Å²) < 4.78 is 35.5. The van der Waals surface area contributed by atoms with E-state index >= 15 is 0 Å². The molecule has 2 N–H and O–H groups in total. The van der Waals surface area contributed by atoms with E-state index in [2.05, 4.69) is 10.0 Å². The molecule has 0 unspecified atom stereocenters. The fraction of sp³-hybridized carbons (Fsp3) is 0.267. The summed E-state index contributed by atoms with van der Waals surface area (Å²) in [6, 6.07) is 10.1. The number of sulfonamides is 1. The van der Waals surface area contributed by atoms with E-state index in [4.69, 9.17) is 9.15 Å². The van der Waals surface area contributed by atoms with Gasteiger partial charge in [0.1, 0.15) is 0 Å². The molecule has 0 fully saturated rings. The number of ether oxygens (including phenoxy) is 1. The zero-order valence-corrected chi connectivity index (χ0v) is 13.6. The van der Waals surface area contributed by atoms with Gasteiger partial charge in [0.25, 0.3) is 15.9 Å². The second-order valence-electron chi connectivity index (χ2n) is 4.71. The third-order valence-corrected chi connectivity index (χ3v) is 4.48. The molecule has 1 heterocycles. The van der Waals surface area contributed by atoms with E-state index in [0.29, 0.717) is 6.61 Å². The van der Waals surface area contributed by atoms with Crippen LogP contribution in [0.3, 0.4) is 0 Å². The van der Waals surface area contributed by atoms with Gasteiger partial charge >= 0.3 is 0 Å². The minimum Gasteiger partial charge on any atom is -0.438 e. The van der Waals surface area contributed by atoms with Gasteiger partial charge in [-0.05, 0) is 30.3 Å². The van der Waals surface area contributed by atoms with Crippen LogP contribution in [0.15, 0.2) is 45.9 Å². The molecule has 23 heavy (non-hydrogen) atoms. The van der Waals surface area contributed by atoms with E-state index in [0.717, 1.165) is 11.1 Å². The number of carbonyl (C=O) groups is 1. The maximum Gasteiger partial charge on any atom is 0.287 e. The van der Waals surface area contributed by atoms with Crippen LogP contribution in [-0.4, -0.2) is 28.5 Å². The van der Waals surface area contributed by atoms with Crippen molar-refractivity contribution < 1.29 is 22.4 Å². The van der Waals surface area contributed by atoms with E-state index in [-0.39, 0.29) is 17.4 Å². The molecule has 0 saturated heterocycles. The summed E-state index contributed by atoms with van der Waals surface area (Å²) in [5, 5.41) is 2.39. The second-order valence-corrected chi connectivity index (χ2v) is 6.53. The van der Waals surface area contributed by atoms with Crippen molar-refractivity contribution in [1.29, 1.82) is 0 Å². The average molecular weight is 338 g/mol. The van der Waals surface area contributed by atoms with E-state index < -0.39 is 15.9 Å². The zero-order chi connectivity index (χ0) is 16.9. The van der Waals surface area contributed by atoms with Gasteiger partial charge in [0.2, 0.25) is 5.09 Å². The van der Waals surface area contributed by atoms with Crippen molar-refractivity contribution in [2.24, 2.45) is 0 Å². The maximum absolute atomic E-state index is 12.1. The van der Waals surface area contributed by atoms with Crippen LogP contribution < -0.4 is 10.0 Å². The summed E-state index contributed by atoms with van der Waals surface area (Å²) in [6.07, 6.45) is 0. The van der Waals surface area contributed by atoms with E-state index in [9.17, 15) is 13.2 Å². The van der Waals surface area contributed by atoms with Gasteiger partial charge in [0.15, 0.2) is 5.76 Å². The first-order valence-corrected chi connectivity index (χ1v) is 8.33. The Bertz CT molecular complexity index is 783. The SMILES string of the molecule is CNS(=O)(=O)c1ccc(C(=O)NCc2ccccc2COC)o1. The Morgan fingerprint density at radius 3 is 2.52 bits per heavy atom. The lowest BCUT2D eigenvalue weighted by molar-refractivity contribution is 0.0917. The fourth-order valence-electron chi connectivity index (χ4n) is 1.98. The first-order valence-electron chi connectivity index (χ1n) is 6.85. The minimum absolute atomic E-state index is 0.0666. The molecule has 0 saturated carbocycles. The van der Waals surface area contributed by atoms with Crippen molar-refractivity contribution >= 4 is 15.9 Å². The average Bonchev–Trinajstić information content (AvgIpc) is 3.05. The first-order chi connectivity index (χ1) is 11.0. The Balaban J connectivity index is 2.06. The van der Waals surface area contributed by atoms with Crippen molar-refractivity contribution in [3.8, 4) is 0 Å². The monoisotopic (exact) mass is 338 g/mol. The van der Waals surface area contributed by atoms with Crippen molar-refractivity contribution in [2.45, 2.75) is 18.2 Å². The molecule has 2 aromatic rings. The van der Waals surface area contributed by atoms with Crippen LogP contribution in [0.2, 0.25) is 0 Å². The number of methoxy groups -OCH3 is 1. The number of rotatable bonds is 7. The summed E-state index contributed by atoms with van der Waals surface area (Å²) in [5.41, 5.74) is 1.88. The van der Waals surface area contributed by atoms with Crippen molar-refractivity contribution in [2.75, 3.05) is 14.2 Å². The minimum atomic E-state index is -3.71. The predicted molar refractivity (Wildman–Crippen MR) is 83.3 cm³/mol. The summed E-state index contributed by atoms with van der Waals surface area (Å²) >= 11 is 0. The Labute approximate surface area is 134 Å². The molecule has 2 rings (SSSR count). The molecule has 1 aromatic heterocycles. The van der Waals surface area contributed by atoms with Crippen molar-refractivity contribution in [1.82, 2.24) is 10.0 Å². The zero-order valence-electron chi connectivity index (χ0n) is 12.8. The summed E-state index contributed by atoms with van der Waals surface area (Å²) in [6.45, 7) is 0.727. The van der Waals surface area contributed by atoms with Crippen LogP contribution in [0.1, 0.15) is 21.7 Å². The lowest BCUT2D eigenvalue weighted by Gasteiger charge is -2.09. The molecule has 124 valence electrons. The van der Waals surface area contributed by atoms with Gasteiger partial charge in [-0.1, -0.05) is 24.3 Å². The maximum atomic E-state index is 12.1. The smallest absolute Gasteiger partial charge is 0.287 e. The first kappa shape index (κ1) is 17.2. The largest absolute Gasteiger partial charge is 0.438 e. The molecule has 0 aliphatic carbocycles. The molecule has 0 bridgehead atoms. The predicted octanol–water partition coefficient (Wildman–Crippen LogP) is 1.26. The molecule has 0 aliphatic rings. The molecular formula is C15H18N2O5S. The van der Waals surface area contributed by atoms with Gasteiger partial charge in [0, 0.05) is 13.7 Å². The standard InChI is InChI=1S/C15H18N2O5S/c1-16-23(19,20)14-8-7-13(22-14)15(18)17-9-11-5-3-4-6-12(11)10-21-2/h3-8,16H,9-10H2,1-2H3,(H,17,18). The highest BCUT2D eigenvalue weighted by Gasteiger charge is 2.19. The molecule has 1 amide bonds. The molecule has 7 nitrogen and oxygen atoms in total. The Kier molecular flexibility index (Phi) is 5.54. The Hall–Kier alpha value is -2.16. The van der Waals surface area contributed by atoms with Crippen LogP contribution in [0, 0.1) is 0 Å². The highest BCUT2D eigenvalue weighted by Crippen LogP contribution is 2.14. The Morgan fingerprint density at radius 1 is 1.17 bits per heavy atom. The second kappa shape index (κ2) is 7.40. The quantitative estimate of drug-likeness (QED) is 0.792. The van der Waals surface area contributed by atoms with Gasteiger partial charge in [-0.15, -0.1) is 0 Å². The van der Waals surface area contributed by atoms with E-state index in [1.165, 1.54) is 19.2 Å².